The van der Waals surface area contributed by atoms with Gasteiger partial charge in [0.2, 0.25) is 5.76 Å². The Hall–Kier alpha value is -1.92. The second-order valence-electron chi connectivity index (χ2n) is 2.54. The number of hydrogen-bond donors (Lipinski definition) is 1. The van der Waals surface area contributed by atoms with Crippen molar-refractivity contribution in [2.75, 3.05) is 7.11 Å². The molecule has 82 valence electrons. The van der Waals surface area contributed by atoms with Crippen LogP contribution in [-0.2, 0) is 15.5 Å². The lowest BCUT2D eigenvalue weighted by atomic mass is 10.2. The number of alkyl halides is 2. The van der Waals surface area contributed by atoms with E-state index < -0.39 is 29.4 Å². The number of carboxylic acid groups (broad SMARTS) is 1. The number of esters is 1. The molecule has 0 aromatic carbocycles. The molecule has 0 aliphatic rings. The smallest absolute Gasteiger partial charge is 0.399 e. The van der Waals surface area contributed by atoms with Gasteiger partial charge in [-0.1, -0.05) is 0 Å². The van der Waals surface area contributed by atoms with E-state index in [2.05, 4.69) is 9.15 Å². The van der Waals surface area contributed by atoms with Crippen molar-refractivity contribution in [2.24, 2.45) is 0 Å². The van der Waals surface area contributed by atoms with Gasteiger partial charge in [-0.3, -0.25) is 0 Å². The zero-order valence-corrected chi connectivity index (χ0v) is 7.49. The molecule has 7 heteroatoms. The summed E-state index contributed by atoms with van der Waals surface area (Å²) in [4.78, 5) is 21.0. The molecule has 1 aromatic rings. The van der Waals surface area contributed by atoms with E-state index in [4.69, 9.17) is 5.11 Å². The number of carbonyl (C=O) groups excluding carboxylic acids is 1. The van der Waals surface area contributed by atoms with Crippen LogP contribution in [0.5, 0.6) is 0 Å². The maximum absolute atomic E-state index is 12.8. The van der Waals surface area contributed by atoms with Crippen LogP contribution in [0.3, 0.4) is 0 Å². The van der Waals surface area contributed by atoms with Gasteiger partial charge in [-0.15, -0.1) is 0 Å². The van der Waals surface area contributed by atoms with Crippen LogP contribution in [0.2, 0.25) is 0 Å². The first-order valence-electron chi connectivity index (χ1n) is 3.69. The molecule has 0 aliphatic carbocycles. The minimum atomic E-state index is -4.16. The van der Waals surface area contributed by atoms with Crippen molar-refractivity contribution in [1.29, 1.82) is 0 Å². The molecule has 0 spiro atoms. The van der Waals surface area contributed by atoms with E-state index >= 15 is 0 Å². The first kappa shape index (κ1) is 11.2. The van der Waals surface area contributed by atoms with E-state index in [9.17, 15) is 18.4 Å². The Morgan fingerprint density at radius 2 is 2.07 bits per heavy atom. The molecule has 5 nitrogen and oxygen atoms in total. The molecule has 0 atom stereocenters. The highest BCUT2D eigenvalue weighted by molar-refractivity contribution is 5.86. The summed E-state index contributed by atoms with van der Waals surface area (Å²) in [5.41, 5.74) is 0. The maximum Gasteiger partial charge on any atom is 0.399 e. The standard InChI is InChI=1S/C8H6F2O5/c1-14-6(11)4-2-3-5(15-4)8(9,10)7(12)13/h2-3H,1H3,(H,12,13). The molecule has 0 saturated carbocycles. The third-order valence-electron chi connectivity index (χ3n) is 1.57. The molecule has 0 unspecified atom stereocenters. The molecular weight excluding hydrogens is 214 g/mol. The number of furan rings is 1. The number of rotatable bonds is 3. The van der Waals surface area contributed by atoms with Gasteiger partial charge in [0.25, 0.3) is 0 Å². The van der Waals surface area contributed by atoms with Crippen LogP contribution in [0.4, 0.5) is 8.78 Å². The van der Waals surface area contributed by atoms with E-state index in [-0.39, 0.29) is 0 Å². The molecule has 1 heterocycles. The minimum Gasteiger partial charge on any atom is -0.476 e. The third kappa shape index (κ3) is 1.95. The molecule has 1 rings (SSSR count). The molecule has 1 N–H and O–H groups in total. The molecular formula is C8H6F2O5. The first-order chi connectivity index (χ1) is 6.89. The van der Waals surface area contributed by atoms with Crippen LogP contribution in [0.15, 0.2) is 16.5 Å². The zero-order valence-electron chi connectivity index (χ0n) is 7.49. The van der Waals surface area contributed by atoms with Gasteiger partial charge >= 0.3 is 17.9 Å². The highest BCUT2D eigenvalue weighted by Crippen LogP contribution is 2.29. The lowest BCUT2D eigenvalue weighted by Gasteiger charge is -2.06. The maximum atomic E-state index is 12.8. The average Bonchev–Trinajstić information content (AvgIpc) is 2.65. The molecule has 15 heavy (non-hydrogen) atoms. The summed E-state index contributed by atoms with van der Waals surface area (Å²) in [5, 5.41) is 8.17. The van der Waals surface area contributed by atoms with Gasteiger partial charge in [0.1, 0.15) is 0 Å². The molecule has 0 fully saturated rings. The fraction of sp³-hybridized carbons (Fsp3) is 0.250. The van der Waals surface area contributed by atoms with Crippen molar-refractivity contribution in [3.05, 3.63) is 23.7 Å². The van der Waals surface area contributed by atoms with Gasteiger partial charge < -0.3 is 14.3 Å². The van der Waals surface area contributed by atoms with Crippen LogP contribution < -0.4 is 0 Å². The number of carbonyl (C=O) groups is 2. The normalized spacial score (nSPS) is 11.1. The van der Waals surface area contributed by atoms with Crippen molar-refractivity contribution in [3.63, 3.8) is 0 Å². The summed E-state index contributed by atoms with van der Waals surface area (Å²) in [5.74, 6) is -9.06. The van der Waals surface area contributed by atoms with Crippen molar-refractivity contribution < 1.29 is 32.6 Å². The fourth-order valence-electron chi connectivity index (χ4n) is 0.822. The summed E-state index contributed by atoms with van der Waals surface area (Å²) in [7, 11) is 1.04. The summed E-state index contributed by atoms with van der Waals surface area (Å²) in [6.45, 7) is 0. The van der Waals surface area contributed by atoms with Gasteiger partial charge in [0.15, 0.2) is 5.76 Å². The van der Waals surface area contributed by atoms with Crippen molar-refractivity contribution in [2.45, 2.75) is 5.92 Å². The second kappa shape index (κ2) is 3.68. The zero-order chi connectivity index (χ0) is 11.6. The lowest BCUT2D eigenvalue weighted by molar-refractivity contribution is -0.169. The number of methoxy groups -OCH3 is 1. The van der Waals surface area contributed by atoms with Crippen molar-refractivity contribution in [3.8, 4) is 0 Å². The number of ether oxygens (including phenoxy) is 1. The van der Waals surface area contributed by atoms with E-state index in [1.165, 1.54) is 0 Å². The number of halogens is 2. The molecule has 0 amide bonds. The van der Waals surface area contributed by atoms with Crippen LogP contribution in [0, 0.1) is 0 Å². The molecule has 0 bridgehead atoms. The van der Waals surface area contributed by atoms with Gasteiger partial charge in [-0.2, -0.15) is 8.78 Å². The quantitative estimate of drug-likeness (QED) is 0.775. The Labute approximate surface area is 82.2 Å². The van der Waals surface area contributed by atoms with E-state index in [0.717, 1.165) is 13.2 Å². The van der Waals surface area contributed by atoms with Gasteiger partial charge in [-0.25, -0.2) is 9.59 Å². The average molecular weight is 220 g/mol. The topological polar surface area (TPSA) is 76.7 Å². The van der Waals surface area contributed by atoms with E-state index in [1.807, 2.05) is 0 Å². The minimum absolute atomic E-state index is 0.478. The van der Waals surface area contributed by atoms with Crippen LogP contribution >= 0.6 is 0 Å². The summed E-state index contributed by atoms with van der Waals surface area (Å²) < 4.78 is 34.2. The Morgan fingerprint density at radius 1 is 1.47 bits per heavy atom. The third-order valence-corrected chi connectivity index (χ3v) is 1.57. The van der Waals surface area contributed by atoms with Gasteiger partial charge in [0, 0.05) is 0 Å². The SMILES string of the molecule is COC(=O)c1ccc(C(F)(F)C(=O)O)o1. The highest BCUT2D eigenvalue weighted by atomic mass is 19.3. The Kier molecular flexibility index (Phi) is 2.74. The first-order valence-corrected chi connectivity index (χ1v) is 3.69. The summed E-state index contributed by atoms with van der Waals surface area (Å²) in [6, 6.07) is 1.62. The summed E-state index contributed by atoms with van der Waals surface area (Å²) >= 11 is 0. The Balaban J connectivity index is 3.04. The predicted molar refractivity (Wildman–Crippen MR) is 41.6 cm³/mol. The monoisotopic (exact) mass is 220 g/mol. The van der Waals surface area contributed by atoms with Crippen molar-refractivity contribution in [1.82, 2.24) is 0 Å². The predicted octanol–water partition coefficient (Wildman–Crippen LogP) is 1.24. The van der Waals surface area contributed by atoms with Gasteiger partial charge in [-0.05, 0) is 12.1 Å². The fourth-order valence-corrected chi connectivity index (χ4v) is 0.822. The second-order valence-corrected chi connectivity index (χ2v) is 2.54. The van der Waals surface area contributed by atoms with E-state index in [0.29, 0.717) is 6.07 Å². The van der Waals surface area contributed by atoms with Crippen LogP contribution in [0.1, 0.15) is 16.3 Å². The lowest BCUT2D eigenvalue weighted by Crippen LogP contribution is -2.24. The Morgan fingerprint density at radius 3 is 2.53 bits per heavy atom. The largest absolute Gasteiger partial charge is 0.476 e. The molecule has 0 saturated heterocycles. The number of aliphatic carboxylic acids is 1. The van der Waals surface area contributed by atoms with Crippen LogP contribution in [-0.4, -0.2) is 24.2 Å². The van der Waals surface area contributed by atoms with Crippen LogP contribution in [0.25, 0.3) is 0 Å². The van der Waals surface area contributed by atoms with Gasteiger partial charge in [0.05, 0.1) is 7.11 Å². The molecule has 0 aliphatic heterocycles. The highest BCUT2D eigenvalue weighted by Gasteiger charge is 2.44. The number of carboxylic acids is 1. The number of hydrogen-bond acceptors (Lipinski definition) is 4. The molecule has 1 aromatic heterocycles. The van der Waals surface area contributed by atoms with E-state index in [1.54, 1.807) is 0 Å². The van der Waals surface area contributed by atoms with Crippen molar-refractivity contribution >= 4 is 11.9 Å². The summed E-state index contributed by atoms with van der Waals surface area (Å²) in [6.07, 6.45) is 0. The molecule has 0 radical (unpaired) electrons. The Bertz CT molecular complexity index is 395.